The first-order valence-electron chi connectivity index (χ1n) is 5.91. The minimum absolute atomic E-state index is 0.0559. The summed E-state index contributed by atoms with van der Waals surface area (Å²) in [6, 6.07) is 3.84. The summed E-state index contributed by atoms with van der Waals surface area (Å²) >= 11 is 0. The number of rotatable bonds is 7. The summed E-state index contributed by atoms with van der Waals surface area (Å²) in [6.45, 7) is 1.66. The zero-order valence-corrected chi connectivity index (χ0v) is 11.8. The Balaban J connectivity index is 2.91. The minimum Gasteiger partial charge on any atom is -0.287 e. The molecule has 0 saturated carbocycles. The topological polar surface area (TPSA) is 63.2 Å². The maximum atomic E-state index is 12.9. The van der Waals surface area contributed by atoms with Gasteiger partial charge in [-0.15, -0.1) is 0 Å². The highest BCUT2D eigenvalue weighted by Gasteiger charge is 2.48. The molecular weight excluding hydrogens is 314 g/mol. The van der Waals surface area contributed by atoms with E-state index in [1.807, 2.05) is 0 Å². The SMILES string of the molecule is CCCS(=O)(=O)Nc1ccc(C(=O)C(F)(F)C(F)F)cc1. The number of halogens is 4. The quantitative estimate of drug-likeness (QED) is 0.619. The van der Waals surface area contributed by atoms with Gasteiger partial charge in [0.15, 0.2) is 0 Å². The standard InChI is InChI=1S/C12H13F4NO3S/c1-2-7-21(19,20)17-9-5-3-8(4-6-9)10(18)12(15,16)11(13)14/h3-6,11,17H,2,7H2,1H3. The molecule has 0 saturated heterocycles. The minimum atomic E-state index is -4.77. The third kappa shape index (κ3) is 4.42. The summed E-state index contributed by atoms with van der Waals surface area (Å²) in [6.07, 6.45) is -3.72. The number of nitrogens with one attached hydrogen (secondary N) is 1. The van der Waals surface area contributed by atoms with Crippen LogP contribution in [0.5, 0.6) is 0 Å². The lowest BCUT2D eigenvalue weighted by atomic mass is 10.1. The van der Waals surface area contributed by atoms with Gasteiger partial charge in [0.05, 0.1) is 5.75 Å². The Morgan fingerprint density at radius 3 is 2.19 bits per heavy atom. The fourth-order valence-corrected chi connectivity index (χ4v) is 2.62. The van der Waals surface area contributed by atoms with Gasteiger partial charge in [0.1, 0.15) is 0 Å². The van der Waals surface area contributed by atoms with E-state index in [9.17, 15) is 30.8 Å². The van der Waals surface area contributed by atoms with Gasteiger partial charge in [-0.3, -0.25) is 9.52 Å². The van der Waals surface area contributed by atoms with Crippen LogP contribution in [0.2, 0.25) is 0 Å². The lowest BCUT2D eigenvalue weighted by Crippen LogP contribution is -2.36. The van der Waals surface area contributed by atoms with Crippen LogP contribution < -0.4 is 4.72 Å². The van der Waals surface area contributed by atoms with E-state index in [0.717, 1.165) is 24.3 Å². The van der Waals surface area contributed by atoms with Crippen LogP contribution >= 0.6 is 0 Å². The Morgan fingerprint density at radius 2 is 1.76 bits per heavy atom. The van der Waals surface area contributed by atoms with E-state index in [2.05, 4.69) is 4.72 Å². The number of carbonyl (C=O) groups excluding carboxylic acids is 1. The molecule has 0 radical (unpaired) electrons. The number of alkyl halides is 4. The van der Waals surface area contributed by atoms with Crippen molar-refractivity contribution in [1.82, 2.24) is 0 Å². The fourth-order valence-electron chi connectivity index (χ4n) is 1.48. The first-order chi connectivity index (χ1) is 9.60. The van der Waals surface area contributed by atoms with Crippen molar-refractivity contribution in [3.05, 3.63) is 29.8 Å². The van der Waals surface area contributed by atoms with Crippen LogP contribution in [-0.4, -0.2) is 32.3 Å². The largest absolute Gasteiger partial charge is 0.368 e. The Kier molecular flexibility index (Phi) is 5.32. The van der Waals surface area contributed by atoms with E-state index >= 15 is 0 Å². The van der Waals surface area contributed by atoms with Crippen LogP contribution in [0.4, 0.5) is 23.2 Å². The maximum Gasteiger partial charge on any atom is 0.368 e. The average Bonchev–Trinajstić information content (AvgIpc) is 2.37. The second-order valence-corrected chi connectivity index (χ2v) is 6.09. The zero-order chi connectivity index (χ0) is 16.3. The molecule has 118 valence electrons. The van der Waals surface area contributed by atoms with Crippen LogP contribution in [0, 0.1) is 0 Å². The highest BCUT2D eigenvalue weighted by molar-refractivity contribution is 7.92. The highest BCUT2D eigenvalue weighted by atomic mass is 32.2. The average molecular weight is 327 g/mol. The van der Waals surface area contributed by atoms with Crippen molar-refractivity contribution in [1.29, 1.82) is 0 Å². The van der Waals surface area contributed by atoms with Crippen LogP contribution in [0.3, 0.4) is 0 Å². The van der Waals surface area contributed by atoms with Gasteiger partial charge in [0, 0.05) is 11.3 Å². The predicted molar refractivity (Wildman–Crippen MR) is 69.4 cm³/mol. The number of ketones is 1. The number of benzene rings is 1. The van der Waals surface area contributed by atoms with Crippen LogP contribution in [0.1, 0.15) is 23.7 Å². The number of Topliss-reactive ketones (excluding diaryl/α,β-unsaturated/α-hetero) is 1. The van der Waals surface area contributed by atoms with Gasteiger partial charge in [-0.1, -0.05) is 6.92 Å². The Morgan fingerprint density at radius 1 is 1.24 bits per heavy atom. The first kappa shape index (κ1) is 17.4. The summed E-state index contributed by atoms with van der Waals surface area (Å²) in [7, 11) is -3.56. The molecule has 4 nitrogen and oxygen atoms in total. The van der Waals surface area contributed by atoms with Crippen molar-refractivity contribution < 1.29 is 30.8 Å². The molecule has 0 atom stereocenters. The lowest BCUT2D eigenvalue weighted by Gasteiger charge is -2.14. The van der Waals surface area contributed by atoms with Gasteiger partial charge in [0.2, 0.25) is 15.8 Å². The zero-order valence-electron chi connectivity index (χ0n) is 10.9. The molecule has 0 heterocycles. The molecule has 0 aromatic heterocycles. The molecule has 0 bridgehead atoms. The molecule has 0 aliphatic carbocycles. The fraction of sp³-hybridized carbons (Fsp3) is 0.417. The van der Waals surface area contributed by atoms with Gasteiger partial charge >= 0.3 is 12.3 Å². The van der Waals surface area contributed by atoms with E-state index in [1.165, 1.54) is 0 Å². The molecule has 1 N–H and O–H groups in total. The van der Waals surface area contributed by atoms with Crippen molar-refractivity contribution in [2.45, 2.75) is 25.7 Å². The maximum absolute atomic E-state index is 12.9. The van der Waals surface area contributed by atoms with Crippen LogP contribution in [0.25, 0.3) is 0 Å². The molecule has 1 aromatic carbocycles. The molecule has 0 aliphatic rings. The number of hydrogen-bond acceptors (Lipinski definition) is 3. The van der Waals surface area contributed by atoms with Crippen molar-refractivity contribution in [3.8, 4) is 0 Å². The molecule has 0 amide bonds. The Hall–Kier alpha value is -1.64. The smallest absolute Gasteiger partial charge is 0.287 e. The molecule has 1 rings (SSSR count). The molecule has 21 heavy (non-hydrogen) atoms. The normalized spacial score (nSPS) is 12.5. The molecule has 0 fully saturated rings. The van der Waals surface area contributed by atoms with Gasteiger partial charge in [0.25, 0.3) is 0 Å². The number of anilines is 1. The van der Waals surface area contributed by atoms with Crippen molar-refractivity contribution in [3.63, 3.8) is 0 Å². The number of sulfonamides is 1. The Bertz CT molecular complexity index is 599. The van der Waals surface area contributed by atoms with E-state index in [-0.39, 0.29) is 11.4 Å². The van der Waals surface area contributed by atoms with Gasteiger partial charge in [-0.2, -0.15) is 8.78 Å². The highest BCUT2D eigenvalue weighted by Crippen LogP contribution is 2.27. The van der Waals surface area contributed by atoms with E-state index < -0.39 is 33.7 Å². The van der Waals surface area contributed by atoms with Crippen molar-refractivity contribution >= 4 is 21.5 Å². The van der Waals surface area contributed by atoms with Gasteiger partial charge in [-0.25, -0.2) is 17.2 Å². The monoisotopic (exact) mass is 327 g/mol. The van der Waals surface area contributed by atoms with Gasteiger partial charge in [-0.05, 0) is 30.7 Å². The number of hydrogen-bond donors (Lipinski definition) is 1. The van der Waals surface area contributed by atoms with Crippen LogP contribution in [-0.2, 0) is 10.0 Å². The molecular formula is C12H13F4NO3S. The van der Waals surface area contributed by atoms with Crippen molar-refractivity contribution in [2.75, 3.05) is 10.5 Å². The molecule has 0 unspecified atom stereocenters. The van der Waals surface area contributed by atoms with E-state index in [0.29, 0.717) is 6.42 Å². The third-order valence-corrected chi connectivity index (χ3v) is 3.96. The van der Waals surface area contributed by atoms with Crippen LogP contribution in [0.15, 0.2) is 24.3 Å². The second-order valence-electron chi connectivity index (χ2n) is 4.25. The van der Waals surface area contributed by atoms with Crippen molar-refractivity contribution in [2.24, 2.45) is 0 Å². The first-order valence-corrected chi connectivity index (χ1v) is 7.56. The summed E-state index contributed by atoms with van der Waals surface area (Å²) in [5.74, 6) is -6.92. The van der Waals surface area contributed by atoms with E-state index in [4.69, 9.17) is 0 Å². The molecule has 1 aromatic rings. The summed E-state index contributed by atoms with van der Waals surface area (Å²) in [4.78, 5) is 11.2. The summed E-state index contributed by atoms with van der Waals surface area (Å²) in [5.41, 5.74) is -0.570. The molecule has 9 heteroatoms. The Labute approximate surface area is 119 Å². The third-order valence-electron chi connectivity index (χ3n) is 2.47. The molecule has 0 aliphatic heterocycles. The summed E-state index contributed by atoms with van der Waals surface area (Å²) in [5, 5.41) is 0. The lowest BCUT2D eigenvalue weighted by molar-refractivity contribution is -0.0958. The molecule has 0 spiro atoms. The van der Waals surface area contributed by atoms with E-state index in [1.54, 1.807) is 6.92 Å². The number of carbonyl (C=O) groups is 1. The van der Waals surface area contributed by atoms with Gasteiger partial charge < -0.3 is 0 Å². The summed E-state index contributed by atoms with van der Waals surface area (Å²) < 4.78 is 75.0. The second kappa shape index (κ2) is 6.42. The predicted octanol–water partition coefficient (Wildman–Crippen LogP) is 2.92.